The van der Waals surface area contributed by atoms with Gasteiger partial charge in [-0.3, -0.25) is 4.79 Å². The summed E-state index contributed by atoms with van der Waals surface area (Å²) in [7, 11) is 0. The molecule has 120 valence electrons. The van der Waals surface area contributed by atoms with E-state index in [0.29, 0.717) is 18.9 Å². The summed E-state index contributed by atoms with van der Waals surface area (Å²) in [6, 6.07) is 0. The molecule has 1 amide bonds. The van der Waals surface area contributed by atoms with Crippen molar-refractivity contribution in [1.29, 1.82) is 0 Å². The quantitative estimate of drug-likeness (QED) is 0.705. The molecule has 0 spiro atoms. The van der Waals surface area contributed by atoms with Crippen LogP contribution in [0.2, 0.25) is 0 Å². The summed E-state index contributed by atoms with van der Waals surface area (Å²) in [5, 5.41) is 11.2. The smallest absolute Gasteiger partial charge is 0.329 e. The third-order valence-electron chi connectivity index (χ3n) is 4.74. The normalized spacial score (nSPS) is 31.7. The van der Waals surface area contributed by atoms with Gasteiger partial charge in [0.25, 0.3) is 0 Å². The van der Waals surface area contributed by atoms with Crippen molar-refractivity contribution < 1.29 is 19.4 Å². The summed E-state index contributed by atoms with van der Waals surface area (Å²) >= 11 is 0. The molecule has 2 saturated carbocycles. The van der Waals surface area contributed by atoms with Crippen molar-refractivity contribution in [2.75, 3.05) is 19.8 Å². The lowest BCUT2D eigenvalue weighted by atomic mass is 9.64. The molecule has 2 rings (SSSR count). The Bertz CT molecular complexity index is 353. The van der Waals surface area contributed by atoms with E-state index in [9.17, 15) is 9.59 Å². The predicted molar refractivity (Wildman–Crippen MR) is 78.8 cm³/mol. The fourth-order valence-corrected chi connectivity index (χ4v) is 4.25. The van der Waals surface area contributed by atoms with Gasteiger partial charge in [0, 0.05) is 13.0 Å². The number of nitrogens with one attached hydrogen (secondary N) is 1. The summed E-state index contributed by atoms with van der Waals surface area (Å²) in [6.45, 7) is 2.69. The standard InChI is InChI=1S/C16H27NO4/c1-11-4-12-6-13(5-11)8-14(7-12)9-15(18)17-2-3-21-10-16(19)20/h11-14H,2-10H2,1H3,(H,17,18)(H,19,20). The lowest BCUT2D eigenvalue weighted by molar-refractivity contribution is -0.142. The lowest BCUT2D eigenvalue weighted by Crippen LogP contribution is -2.34. The second-order valence-corrected chi connectivity index (χ2v) is 6.88. The van der Waals surface area contributed by atoms with Crippen LogP contribution in [-0.4, -0.2) is 36.7 Å². The lowest BCUT2D eigenvalue weighted by Gasteiger charge is -2.41. The van der Waals surface area contributed by atoms with Crippen LogP contribution in [0.5, 0.6) is 0 Å². The minimum atomic E-state index is -0.982. The minimum Gasteiger partial charge on any atom is -0.480 e. The molecule has 5 nitrogen and oxygen atoms in total. The molecule has 2 fully saturated rings. The highest BCUT2D eigenvalue weighted by atomic mass is 16.5. The number of carboxylic acids is 1. The zero-order chi connectivity index (χ0) is 15.2. The molecule has 2 bridgehead atoms. The Balaban J connectivity index is 1.61. The van der Waals surface area contributed by atoms with Gasteiger partial charge in [0.15, 0.2) is 0 Å². The molecule has 21 heavy (non-hydrogen) atoms. The number of ether oxygens (including phenoxy) is 1. The van der Waals surface area contributed by atoms with Gasteiger partial charge in [0.2, 0.25) is 5.91 Å². The summed E-state index contributed by atoms with van der Waals surface area (Å²) in [4.78, 5) is 22.2. The van der Waals surface area contributed by atoms with Gasteiger partial charge in [-0.2, -0.15) is 0 Å². The largest absolute Gasteiger partial charge is 0.480 e. The fourth-order valence-electron chi connectivity index (χ4n) is 4.25. The first kappa shape index (κ1) is 16.3. The van der Waals surface area contributed by atoms with Gasteiger partial charge in [0.1, 0.15) is 6.61 Å². The molecule has 0 saturated heterocycles. The van der Waals surface area contributed by atoms with E-state index >= 15 is 0 Å². The second kappa shape index (κ2) is 7.78. The molecular formula is C16H27NO4. The SMILES string of the molecule is CC1CC2CC(CC(=O)NCCOCC(=O)O)CC(C1)C2. The number of hydrogen-bond acceptors (Lipinski definition) is 3. The maximum atomic E-state index is 11.9. The number of hydrogen-bond donors (Lipinski definition) is 2. The molecule has 2 aliphatic rings. The Morgan fingerprint density at radius 3 is 2.43 bits per heavy atom. The topological polar surface area (TPSA) is 75.6 Å². The van der Waals surface area contributed by atoms with Gasteiger partial charge in [-0.1, -0.05) is 6.92 Å². The molecule has 0 aromatic heterocycles. The highest BCUT2D eigenvalue weighted by Gasteiger charge is 2.35. The number of carbonyl (C=O) groups is 2. The summed E-state index contributed by atoms with van der Waals surface area (Å²) in [6.07, 6.45) is 7.04. The first-order valence-electron chi connectivity index (χ1n) is 8.09. The molecule has 0 aliphatic heterocycles. The molecular weight excluding hydrogens is 270 g/mol. The van der Waals surface area contributed by atoms with E-state index in [4.69, 9.17) is 9.84 Å². The number of carboxylic acid groups (broad SMARTS) is 1. The highest BCUT2D eigenvalue weighted by molar-refractivity contribution is 5.76. The molecule has 5 heteroatoms. The third kappa shape index (κ3) is 5.65. The van der Waals surface area contributed by atoms with Crippen LogP contribution in [0.4, 0.5) is 0 Å². The van der Waals surface area contributed by atoms with E-state index < -0.39 is 5.97 Å². The van der Waals surface area contributed by atoms with Crippen LogP contribution in [0.15, 0.2) is 0 Å². The minimum absolute atomic E-state index is 0.0759. The number of aliphatic carboxylic acids is 1. The van der Waals surface area contributed by atoms with Gasteiger partial charge in [-0.15, -0.1) is 0 Å². The Morgan fingerprint density at radius 2 is 1.81 bits per heavy atom. The molecule has 2 N–H and O–H groups in total. The van der Waals surface area contributed by atoms with Gasteiger partial charge in [-0.25, -0.2) is 4.79 Å². The summed E-state index contributed by atoms with van der Waals surface area (Å²) in [5.41, 5.74) is 0. The van der Waals surface area contributed by atoms with Crippen LogP contribution in [-0.2, 0) is 14.3 Å². The predicted octanol–water partition coefficient (Wildman–Crippen LogP) is 2.06. The number of fused-ring (bicyclic) bond motifs is 2. The van der Waals surface area contributed by atoms with Crippen molar-refractivity contribution in [3.63, 3.8) is 0 Å². The molecule has 0 radical (unpaired) electrons. The van der Waals surface area contributed by atoms with Crippen molar-refractivity contribution in [2.45, 2.75) is 45.4 Å². The van der Waals surface area contributed by atoms with E-state index in [2.05, 4.69) is 12.2 Å². The van der Waals surface area contributed by atoms with Crippen molar-refractivity contribution in [1.82, 2.24) is 5.32 Å². The van der Waals surface area contributed by atoms with Crippen LogP contribution < -0.4 is 5.32 Å². The van der Waals surface area contributed by atoms with Crippen molar-refractivity contribution in [3.8, 4) is 0 Å². The number of rotatable bonds is 7. The molecule has 0 heterocycles. The van der Waals surface area contributed by atoms with Crippen LogP contribution in [0.1, 0.15) is 45.4 Å². The highest BCUT2D eigenvalue weighted by Crippen LogP contribution is 2.45. The maximum Gasteiger partial charge on any atom is 0.329 e. The third-order valence-corrected chi connectivity index (χ3v) is 4.74. The first-order chi connectivity index (χ1) is 10.0. The Kier molecular flexibility index (Phi) is 6.03. The van der Waals surface area contributed by atoms with E-state index in [1.165, 1.54) is 32.1 Å². The average molecular weight is 297 g/mol. The van der Waals surface area contributed by atoms with Crippen LogP contribution in [0, 0.1) is 23.7 Å². The Morgan fingerprint density at radius 1 is 1.14 bits per heavy atom. The molecule has 2 atom stereocenters. The molecule has 2 aliphatic carbocycles. The Labute approximate surface area is 126 Å². The monoisotopic (exact) mass is 297 g/mol. The van der Waals surface area contributed by atoms with Crippen LogP contribution in [0.3, 0.4) is 0 Å². The molecule has 0 aromatic carbocycles. The maximum absolute atomic E-state index is 11.9. The fraction of sp³-hybridized carbons (Fsp3) is 0.875. The van der Waals surface area contributed by atoms with Crippen molar-refractivity contribution >= 4 is 11.9 Å². The van der Waals surface area contributed by atoms with Crippen molar-refractivity contribution in [2.24, 2.45) is 23.7 Å². The van der Waals surface area contributed by atoms with Crippen molar-refractivity contribution in [3.05, 3.63) is 0 Å². The van der Waals surface area contributed by atoms with E-state index in [-0.39, 0.29) is 19.1 Å². The second-order valence-electron chi connectivity index (χ2n) is 6.88. The van der Waals surface area contributed by atoms with Gasteiger partial charge in [-0.05, 0) is 55.8 Å². The Hall–Kier alpha value is -1.10. The van der Waals surface area contributed by atoms with Gasteiger partial charge >= 0.3 is 5.97 Å². The number of carbonyl (C=O) groups excluding carboxylic acids is 1. The molecule has 0 aromatic rings. The van der Waals surface area contributed by atoms with E-state index in [0.717, 1.165) is 17.8 Å². The van der Waals surface area contributed by atoms with Gasteiger partial charge < -0.3 is 15.2 Å². The summed E-state index contributed by atoms with van der Waals surface area (Å²) < 4.78 is 4.89. The van der Waals surface area contributed by atoms with Crippen LogP contribution >= 0.6 is 0 Å². The summed E-state index contributed by atoms with van der Waals surface area (Å²) in [5.74, 6) is 2.13. The average Bonchev–Trinajstić information content (AvgIpc) is 2.36. The van der Waals surface area contributed by atoms with Gasteiger partial charge in [0.05, 0.1) is 6.61 Å². The first-order valence-corrected chi connectivity index (χ1v) is 8.09. The molecule has 2 unspecified atom stereocenters. The number of amides is 1. The zero-order valence-electron chi connectivity index (χ0n) is 12.8. The zero-order valence-corrected chi connectivity index (χ0v) is 12.8. The van der Waals surface area contributed by atoms with E-state index in [1.807, 2.05) is 0 Å². The van der Waals surface area contributed by atoms with Crippen LogP contribution in [0.25, 0.3) is 0 Å². The van der Waals surface area contributed by atoms with E-state index in [1.54, 1.807) is 0 Å².